The first kappa shape index (κ1) is 22.8. The second-order valence-corrected chi connectivity index (χ2v) is 8.89. The number of ether oxygens (including phenoxy) is 1. The highest BCUT2D eigenvalue weighted by atomic mass is 16.5. The summed E-state index contributed by atoms with van der Waals surface area (Å²) in [6.07, 6.45) is 2.64. The molecular weight excluding hydrogens is 446 g/mol. The number of benzene rings is 1. The van der Waals surface area contributed by atoms with E-state index in [2.05, 4.69) is 37.3 Å². The first-order chi connectivity index (χ1) is 17.0. The number of hydrogen-bond donors (Lipinski definition) is 2. The first-order valence-electron chi connectivity index (χ1n) is 11.9. The number of nitrogens with zero attached hydrogens (tertiary/aromatic N) is 5. The zero-order valence-corrected chi connectivity index (χ0v) is 20.2. The number of pyridine rings is 1. The molecule has 1 aromatic carbocycles. The maximum Gasteiger partial charge on any atom is 0.317 e. The Bertz CT molecular complexity index is 1290. The Morgan fingerprint density at radius 1 is 1.17 bits per heavy atom. The van der Waals surface area contributed by atoms with E-state index in [0.29, 0.717) is 60.7 Å². The largest absolute Gasteiger partial charge is 0.496 e. The highest BCUT2D eigenvalue weighted by Crippen LogP contribution is 2.31. The lowest BCUT2D eigenvalue weighted by Gasteiger charge is -2.29. The van der Waals surface area contributed by atoms with Gasteiger partial charge in [-0.15, -0.1) is 10.2 Å². The molecule has 0 spiro atoms. The third-order valence-electron chi connectivity index (χ3n) is 6.61. The molecule has 2 aliphatic rings. The van der Waals surface area contributed by atoms with Crippen LogP contribution in [-0.4, -0.2) is 56.8 Å². The van der Waals surface area contributed by atoms with Crippen molar-refractivity contribution in [1.29, 1.82) is 0 Å². The lowest BCUT2D eigenvalue weighted by Crippen LogP contribution is -2.42. The van der Waals surface area contributed by atoms with Gasteiger partial charge in [0, 0.05) is 32.1 Å². The average Bonchev–Trinajstić information content (AvgIpc) is 3.46. The minimum absolute atomic E-state index is 0.102. The number of anilines is 1. The predicted octanol–water partition coefficient (Wildman–Crippen LogP) is 3.20. The molecule has 182 valence electrons. The molecule has 0 unspecified atom stereocenters. The minimum Gasteiger partial charge on any atom is -0.496 e. The number of rotatable bonds is 5. The molecule has 3 aromatic rings. The van der Waals surface area contributed by atoms with E-state index in [1.54, 1.807) is 18.1 Å². The van der Waals surface area contributed by atoms with Crippen LogP contribution in [0.25, 0.3) is 11.5 Å². The van der Waals surface area contributed by atoms with E-state index < -0.39 is 0 Å². The number of fused-ring (bicyclic) bond motifs is 2. The Kier molecular flexibility index (Phi) is 6.10. The van der Waals surface area contributed by atoms with Gasteiger partial charge in [-0.1, -0.05) is 6.07 Å². The third kappa shape index (κ3) is 4.31. The van der Waals surface area contributed by atoms with Gasteiger partial charge in [-0.3, -0.25) is 4.79 Å². The van der Waals surface area contributed by atoms with Gasteiger partial charge in [0.25, 0.3) is 5.91 Å². The van der Waals surface area contributed by atoms with Crippen molar-refractivity contribution >= 4 is 17.8 Å². The van der Waals surface area contributed by atoms with Crippen LogP contribution in [0, 0.1) is 0 Å². The van der Waals surface area contributed by atoms with Gasteiger partial charge in [0.15, 0.2) is 5.82 Å². The van der Waals surface area contributed by atoms with Crippen LogP contribution < -0.4 is 15.4 Å². The van der Waals surface area contributed by atoms with Gasteiger partial charge in [0.1, 0.15) is 23.1 Å². The fourth-order valence-corrected chi connectivity index (χ4v) is 4.78. The third-order valence-corrected chi connectivity index (χ3v) is 6.61. The second-order valence-electron chi connectivity index (χ2n) is 8.89. The first-order valence-corrected chi connectivity index (χ1v) is 11.9. The van der Waals surface area contributed by atoms with Crippen LogP contribution >= 0.6 is 0 Å². The van der Waals surface area contributed by atoms with E-state index in [1.165, 1.54) is 0 Å². The molecule has 2 aromatic heterocycles. The molecule has 0 aliphatic carbocycles. The van der Waals surface area contributed by atoms with Crippen LogP contribution in [0.2, 0.25) is 0 Å². The van der Waals surface area contributed by atoms with E-state index in [0.717, 1.165) is 29.8 Å². The number of hydrogen-bond acceptors (Lipinski definition) is 6. The maximum atomic E-state index is 13.3. The number of urea groups is 1. The fraction of sp³-hybridized carbons (Fsp3) is 0.400. The molecule has 10 heteroatoms. The fourth-order valence-electron chi connectivity index (χ4n) is 4.78. The molecule has 0 fully saturated rings. The molecule has 35 heavy (non-hydrogen) atoms. The van der Waals surface area contributed by atoms with E-state index in [4.69, 9.17) is 4.74 Å². The van der Waals surface area contributed by atoms with Crippen molar-refractivity contribution in [3.63, 3.8) is 0 Å². The average molecular weight is 476 g/mol. The van der Waals surface area contributed by atoms with E-state index in [1.807, 2.05) is 31.2 Å². The van der Waals surface area contributed by atoms with Gasteiger partial charge in [0.05, 0.1) is 12.7 Å². The van der Waals surface area contributed by atoms with Crippen LogP contribution in [0.15, 0.2) is 30.3 Å². The summed E-state index contributed by atoms with van der Waals surface area (Å²) in [5, 5.41) is 14.4. The molecule has 0 saturated heterocycles. The van der Waals surface area contributed by atoms with Gasteiger partial charge in [0.2, 0.25) is 0 Å². The summed E-state index contributed by atoms with van der Waals surface area (Å²) >= 11 is 0. The highest BCUT2D eigenvalue weighted by molar-refractivity contribution is 6.06. The van der Waals surface area contributed by atoms with Gasteiger partial charge >= 0.3 is 6.03 Å². The normalized spacial score (nSPS) is 16.4. The van der Waals surface area contributed by atoms with E-state index in [-0.39, 0.29) is 11.9 Å². The maximum absolute atomic E-state index is 13.3. The number of amides is 3. The Morgan fingerprint density at radius 3 is 2.83 bits per heavy atom. The van der Waals surface area contributed by atoms with Crippen molar-refractivity contribution in [3.8, 4) is 17.3 Å². The van der Waals surface area contributed by atoms with Gasteiger partial charge < -0.3 is 24.8 Å². The molecule has 0 saturated carbocycles. The van der Waals surface area contributed by atoms with Gasteiger partial charge in [-0.2, -0.15) is 0 Å². The number of aromatic nitrogens is 4. The SMILES string of the molecule is CCNC(=O)N1CCc2cc(OC)c(C(=O)Nc3cccc(-c4nnc5n4[C@H](C)CC5)n3)cc2C1. The Labute approximate surface area is 203 Å². The van der Waals surface area contributed by atoms with Crippen molar-refractivity contribution in [1.82, 2.24) is 30.0 Å². The molecular formula is C25H29N7O3. The molecule has 10 nitrogen and oxygen atoms in total. The predicted molar refractivity (Wildman–Crippen MR) is 130 cm³/mol. The van der Waals surface area contributed by atoms with Crippen molar-refractivity contribution in [2.75, 3.05) is 25.5 Å². The topological polar surface area (TPSA) is 114 Å². The second kappa shape index (κ2) is 9.36. The minimum atomic E-state index is -0.329. The smallest absolute Gasteiger partial charge is 0.317 e. The van der Waals surface area contributed by atoms with Gasteiger partial charge in [-0.05, 0) is 62.1 Å². The standard InChI is InChI=1S/C25H29N7O3/c1-4-26-25(34)31-11-10-16-13-20(35-3)18(12-17(16)14-31)24(33)28-21-7-5-6-19(27-21)23-30-29-22-9-8-15(2)32(22)23/h5-7,12-13,15H,4,8-11,14H2,1-3H3,(H,26,34)(H,27,28,33)/t15-/m1/s1. The lowest BCUT2D eigenvalue weighted by molar-refractivity contribution is 0.102. The molecule has 1 atom stereocenters. The van der Waals surface area contributed by atoms with E-state index >= 15 is 0 Å². The van der Waals surface area contributed by atoms with Crippen LogP contribution in [-0.2, 0) is 19.4 Å². The summed E-state index contributed by atoms with van der Waals surface area (Å²) in [7, 11) is 1.55. The molecule has 5 rings (SSSR count). The quantitative estimate of drug-likeness (QED) is 0.586. The van der Waals surface area contributed by atoms with Crippen LogP contribution in [0.3, 0.4) is 0 Å². The summed E-state index contributed by atoms with van der Waals surface area (Å²) in [6.45, 7) is 5.67. The number of methoxy groups -OCH3 is 1. The zero-order chi connectivity index (χ0) is 24.5. The molecule has 2 aliphatic heterocycles. The van der Waals surface area contributed by atoms with Crippen molar-refractivity contribution in [2.24, 2.45) is 0 Å². The van der Waals surface area contributed by atoms with E-state index in [9.17, 15) is 9.59 Å². The number of nitrogens with one attached hydrogen (secondary N) is 2. The lowest BCUT2D eigenvalue weighted by atomic mass is 9.96. The Morgan fingerprint density at radius 2 is 2.03 bits per heavy atom. The van der Waals surface area contributed by atoms with Crippen molar-refractivity contribution in [3.05, 3.63) is 52.8 Å². The molecule has 3 amide bonds. The van der Waals surface area contributed by atoms with Crippen molar-refractivity contribution in [2.45, 2.75) is 45.7 Å². The summed E-state index contributed by atoms with van der Waals surface area (Å²) < 4.78 is 7.64. The summed E-state index contributed by atoms with van der Waals surface area (Å²) in [4.78, 5) is 32.0. The summed E-state index contributed by atoms with van der Waals surface area (Å²) in [6, 6.07) is 9.37. The van der Waals surface area contributed by atoms with Crippen LogP contribution in [0.5, 0.6) is 5.75 Å². The Balaban J connectivity index is 1.39. The Hall–Kier alpha value is -3.95. The van der Waals surface area contributed by atoms with Crippen molar-refractivity contribution < 1.29 is 14.3 Å². The number of aryl methyl sites for hydroxylation is 1. The molecule has 0 radical (unpaired) electrons. The zero-order valence-electron chi connectivity index (χ0n) is 20.2. The van der Waals surface area contributed by atoms with Crippen LogP contribution in [0.4, 0.5) is 10.6 Å². The summed E-state index contributed by atoms with van der Waals surface area (Å²) in [5.74, 6) is 2.25. The monoisotopic (exact) mass is 475 g/mol. The molecule has 0 bridgehead atoms. The van der Waals surface area contributed by atoms with Crippen LogP contribution in [0.1, 0.15) is 53.6 Å². The molecule has 2 N–H and O–H groups in total. The highest BCUT2D eigenvalue weighted by Gasteiger charge is 2.26. The number of carbonyl (C=O) groups is 2. The van der Waals surface area contributed by atoms with Gasteiger partial charge in [-0.25, -0.2) is 9.78 Å². The molecule has 4 heterocycles. The summed E-state index contributed by atoms with van der Waals surface area (Å²) in [5.41, 5.74) is 3.07. The number of carbonyl (C=O) groups excluding carboxylic acids is 2.